The zero-order chi connectivity index (χ0) is 16.7. The van der Waals surface area contributed by atoms with E-state index in [-0.39, 0.29) is 18.2 Å². The van der Waals surface area contributed by atoms with Crippen molar-refractivity contribution in [3.63, 3.8) is 0 Å². The number of carbonyl (C=O) groups is 2. The van der Waals surface area contributed by atoms with Crippen LogP contribution in [0.5, 0.6) is 0 Å². The minimum Gasteiger partial charge on any atom is -0.390 e. The molecule has 0 fully saturated rings. The molecular weight excluding hydrogens is 304 g/mol. The maximum Gasteiger partial charge on any atom is 0.228 e. The molecule has 2 aromatic rings. The molecule has 2 amide bonds. The van der Waals surface area contributed by atoms with Gasteiger partial charge in [-0.05, 0) is 22.8 Å². The van der Waals surface area contributed by atoms with Crippen molar-refractivity contribution in [1.82, 2.24) is 5.32 Å². The van der Waals surface area contributed by atoms with Crippen LogP contribution in [0.2, 0.25) is 0 Å². The van der Waals surface area contributed by atoms with Gasteiger partial charge < -0.3 is 15.7 Å². The van der Waals surface area contributed by atoms with Crippen molar-refractivity contribution >= 4 is 17.5 Å². The number of aliphatic hydroxyl groups is 1. The van der Waals surface area contributed by atoms with Crippen molar-refractivity contribution in [3.8, 4) is 0 Å². The molecule has 5 heteroatoms. The topological polar surface area (TPSA) is 78.4 Å². The summed E-state index contributed by atoms with van der Waals surface area (Å²) in [5.41, 5.74) is 3.50. The minimum absolute atomic E-state index is 0.118. The van der Waals surface area contributed by atoms with Gasteiger partial charge in [-0.1, -0.05) is 42.5 Å². The molecule has 3 N–H and O–H groups in total. The van der Waals surface area contributed by atoms with Crippen LogP contribution in [0.3, 0.4) is 0 Å². The highest BCUT2D eigenvalue weighted by Crippen LogP contribution is 2.35. The summed E-state index contributed by atoms with van der Waals surface area (Å²) in [7, 11) is 0. The number of amides is 2. The van der Waals surface area contributed by atoms with Crippen molar-refractivity contribution < 1.29 is 14.7 Å². The zero-order valence-electron chi connectivity index (χ0n) is 13.0. The maximum absolute atomic E-state index is 12.8. The monoisotopic (exact) mass is 322 g/mol. The van der Waals surface area contributed by atoms with Gasteiger partial charge in [0.1, 0.15) is 0 Å². The minimum atomic E-state index is -0.640. The van der Waals surface area contributed by atoms with E-state index in [9.17, 15) is 14.7 Å². The molecule has 3 atom stereocenters. The lowest BCUT2D eigenvalue weighted by atomic mass is 9.89. The van der Waals surface area contributed by atoms with Gasteiger partial charge in [0.25, 0.3) is 0 Å². The average molecular weight is 322 g/mol. The Hall–Kier alpha value is -2.66. The maximum atomic E-state index is 12.8. The van der Waals surface area contributed by atoms with Crippen LogP contribution >= 0.6 is 0 Å². The fourth-order valence-electron chi connectivity index (χ4n) is 3.65. The molecule has 0 spiro atoms. The Morgan fingerprint density at radius 3 is 2.58 bits per heavy atom. The lowest BCUT2D eigenvalue weighted by Crippen LogP contribution is -2.39. The fraction of sp³-hybridized carbons (Fsp3) is 0.263. The molecule has 1 heterocycles. The summed E-state index contributed by atoms with van der Waals surface area (Å²) in [6.07, 6.45) is 0.00917. The Kier molecular flexibility index (Phi) is 3.58. The third-order valence-corrected chi connectivity index (χ3v) is 4.82. The van der Waals surface area contributed by atoms with Gasteiger partial charge in [0.15, 0.2) is 0 Å². The largest absolute Gasteiger partial charge is 0.390 e. The van der Waals surface area contributed by atoms with E-state index in [4.69, 9.17) is 0 Å². The van der Waals surface area contributed by atoms with Crippen molar-refractivity contribution in [2.45, 2.75) is 30.9 Å². The molecule has 0 aromatic heterocycles. The van der Waals surface area contributed by atoms with E-state index in [1.165, 1.54) is 0 Å². The quantitative estimate of drug-likeness (QED) is 0.790. The SMILES string of the molecule is O=C1CC(C(=O)N[C@H]2c3ccccc3C[C@H]2O)c2ccccc2N1. The summed E-state index contributed by atoms with van der Waals surface area (Å²) in [6, 6.07) is 14.6. The van der Waals surface area contributed by atoms with Gasteiger partial charge in [-0.25, -0.2) is 0 Å². The average Bonchev–Trinajstić information content (AvgIpc) is 2.89. The fourth-order valence-corrected chi connectivity index (χ4v) is 3.65. The van der Waals surface area contributed by atoms with Crippen LogP contribution in [0.4, 0.5) is 5.69 Å². The van der Waals surface area contributed by atoms with E-state index in [0.29, 0.717) is 12.1 Å². The van der Waals surface area contributed by atoms with Crippen molar-refractivity contribution in [3.05, 3.63) is 65.2 Å². The number of hydrogen-bond donors (Lipinski definition) is 3. The predicted octanol–water partition coefficient (Wildman–Crippen LogP) is 1.89. The van der Waals surface area contributed by atoms with E-state index < -0.39 is 18.1 Å². The predicted molar refractivity (Wildman–Crippen MR) is 89.5 cm³/mol. The Labute approximate surface area is 139 Å². The Morgan fingerprint density at radius 2 is 1.75 bits per heavy atom. The number of carbonyl (C=O) groups excluding carboxylic acids is 2. The lowest BCUT2D eigenvalue weighted by Gasteiger charge is -2.27. The number of aliphatic hydroxyl groups excluding tert-OH is 1. The molecule has 1 unspecified atom stereocenters. The number of anilines is 1. The van der Waals surface area contributed by atoms with Gasteiger partial charge in [0.2, 0.25) is 11.8 Å². The van der Waals surface area contributed by atoms with E-state index in [1.807, 2.05) is 42.5 Å². The Bertz CT molecular complexity index is 818. The number of rotatable bonds is 2. The summed E-state index contributed by atoms with van der Waals surface area (Å²) >= 11 is 0. The normalized spacial score (nSPS) is 24.7. The molecule has 0 bridgehead atoms. The number of benzene rings is 2. The van der Waals surface area contributed by atoms with Crippen LogP contribution in [0.25, 0.3) is 0 Å². The van der Waals surface area contributed by atoms with Crippen LogP contribution < -0.4 is 10.6 Å². The van der Waals surface area contributed by atoms with Crippen molar-refractivity contribution in [2.24, 2.45) is 0 Å². The molecule has 0 radical (unpaired) electrons. The van der Waals surface area contributed by atoms with Crippen molar-refractivity contribution in [2.75, 3.05) is 5.32 Å². The van der Waals surface area contributed by atoms with Gasteiger partial charge in [-0.15, -0.1) is 0 Å². The summed E-state index contributed by atoms with van der Waals surface area (Å²) in [5, 5.41) is 16.1. The van der Waals surface area contributed by atoms with E-state index in [2.05, 4.69) is 10.6 Å². The number of fused-ring (bicyclic) bond motifs is 2. The van der Waals surface area contributed by atoms with E-state index in [1.54, 1.807) is 6.07 Å². The summed E-state index contributed by atoms with van der Waals surface area (Å²) in [4.78, 5) is 24.7. The van der Waals surface area contributed by atoms with Gasteiger partial charge in [0.05, 0.1) is 18.1 Å². The zero-order valence-corrected chi connectivity index (χ0v) is 13.0. The molecule has 0 saturated carbocycles. The van der Waals surface area contributed by atoms with Crippen LogP contribution in [-0.2, 0) is 16.0 Å². The molecule has 122 valence electrons. The second-order valence-corrected chi connectivity index (χ2v) is 6.35. The number of hydrogen-bond acceptors (Lipinski definition) is 3. The van der Waals surface area contributed by atoms with Gasteiger partial charge in [-0.2, -0.15) is 0 Å². The van der Waals surface area contributed by atoms with Crippen LogP contribution in [-0.4, -0.2) is 23.0 Å². The molecule has 0 saturated heterocycles. The first-order valence-electron chi connectivity index (χ1n) is 8.08. The summed E-state index contributed by atoms with van der Waals surface area (Å²) in [5.74, 6) is -0.922. The molecule has 24 heavy (non-hydrogen) atoms. The number of para-hydroxylation sites is 1. The highest BCUT2D eigenvalue weighted by Gasteiger charge is 2.36. The van der Waals surface area contributed by atoms with Crippen molar-refractivity contribution in [1.29, 1.82) is 0 Å². The van der Waals surface area contributed by atoms with Gasteiger partial charge in [-0.3, -0.25) is 9.59 Å². The highest BCUT2D eigenvalue weighted by atomic mass is 16.3. The summed E-state index contributed by atoms with van der Waals surface area (Å²) in [6.45, 7) is 0. The third-order valence-electron chi connectivity index (χ3n) is 4.82. The van der Waals surface area contributed by atoms with Gasteiger partial charge in [0, 0.05) is 18.5 Å². The second kappa shape index (κ2) is 5.76. The first-order valence-corrected chi connectivity index (χ1v) is 8.08. The third kappa shape index (κ3) is 2.47. The molecule has 5 nitrogen and oxygen atoms in total. The molecular formula is C19H18N2O3. The summed E-state index contributed by atoms with van der Waals surface area (Å²) < 4.78 is 0. The Balaban J connectivity index is 1.60. The lowest BCUT2D eigenvalue weighted by molar-refractivity contribution is -0.127. The first-order chi connectivity index (χ1) is 11.6. The van der Waals surface area contributed by atoms with Crippen LogP contribution in [0.15, 0.2) is 48.5 Å². The number of nitrogens with one attached hydrogen (secondary N) is 2. The molecule has 2 aliphatic rings. The highest BCUT2D eigenvalue weighted by molar-refractivity contribution is 6.01. The molecule has 1 aliphatic heterocycles. The smallest absolute Gasteiger partial charge is 0.228 e. The van der Waals surface area contributed by atoms with Crippen LogP contribution in [0.1, 0.15) is 35.1 Å². The molecule has 1 aliphatic carbocycles. The first kappa shape index (κ1) is 14.9. The van der Waals surface area contributed by atoms with Crippen LogP contribution in [0, 0.1) is 0 Å². The molecule has 4 rings (SSSR count). The van der Waals surface area contributed by atoms with E-state index in [0.717, 1.165) is 16.7 Å². The van der Waals surface area contributed by atoms with E-state index >= 15 is 0 Å². The standard InChI is InChI=1S/C19H18N2O3/c22-16-9-11-5-1-2-6-12(11)18(16)21-19(24)14-10-17(23)20-15-8-4-3-7-13(14)15/h1-8,14,16,18,22H,9-10H2,(H,20,23)(H,21,24)/t14?,16-,18+/m1/s1. The Morgan fingerprint density at radius 1 is 1.04 bits per heavy atom. The second-order valence-electron chi connectivity index (χ2n) is 6.35. The molecule has 2 aromatic carbocycles. The van der Waals surface area contributed by atoms with Gasteiger partial charge >= 0.3 is 0 Å².